The SMILES string of the molecule is [C-]#[N+]C1(C)CCCO1. The Bertz CT molecular complexity index is 119. The lowest BCUT2D eigenvalue weighted by molar-refractivity contribution is 0.0592. The standard InChI is InChI=1S/C6H9NO/c1-6(7-2)4-3-5-8-6/h3-5H2,1H3. The summed E-state index contributed by atoms with van der Waals surface area (Å²) in [4.78, 5) is 3.35. The van der Waals surface area contributed by atoms with Crippen molar-refractivity contribution >= 4 is 0 Å². The minimum Gasteiger partial charge on any atom is -0.308 e. The predicted molar refractivity (Wildman–Crippen MR) is 30.2 cm³/mol. The van der Waals surface area contributed by atoms with Crippen molar-refractivity contribution in [3.05, 3.63) is 11.4 Å². The van der Waals surface area contributed by atoms with Crippen LogP contribution in [0, 0.1) is 6.57 Å². The van der Waals surface area contributed by atoms with Crippen LogP contribution >= 0.6 is 0 Å². The van der Waals surface area contributed by atoms with E-state index in [1.165, 1.54) is 0 Å². The van der Waals surface area contributed by atoms with E-state index in [0.29, 0.717) is 0 Å². The van der Waals surface area contributed by atoms with Crippen LogP contribution in [-0.2, 0) is 4.74 Å². The minimum absolute atomic E-state index is 0.472. The lowest BCUT2D eigenvalue weighted by Gasteiger charge is -2.05. The highest BCUT2D eigenvalue weighted by Gasteiger charge is 2.35. The lowest BCUT2D eigenvalue weighted by Crippen LogP contribution is -2.15. The number of hydrogen-bond acceptors (Lipinski definition) is 1. The molecule has 0 N–H and O–H groups in total. The van der Waals surface area contributed by atoms with E-state index in [9.17, 15) is 0 Å². The van der Waals surface area contributed by atoms with Crippen molar-refractivity contribution in [2.75, 3.05) is 6.61 Å². The zero-order chi connectivity index (χ0) is 6.04. The number of rotatable bonds is 0. The average Bonchev–Trinajstić information content (AvgIpc) is 2.17. The topological polar surface area (TPSA) is 13.6 Å². The van der Waals surface area contributed by atoms with Gasteiger partial charge in [0.2, 0.25) is 0 Å². The van der Waals surface area contributed by atoms with E-state index in [1.807, 2.05) is 6.92 Å². The molecule has 1 heterocycles. The highest BCUT2D eigenvalue weighted by Crippen LogP contribution is 2.25. The Labute approximate surface area is 49.3 Å². The molecule has 0 saturated carbocycles. The summed E-state index contributed by atoms with van der Waals surface area (Å²) < 4.78 is 5.14. The third-order valence-electron chi connectivity index (χ3n) is 1.43. The first-order valence-corrected chi connectivity index (χ1v) is 2.79. The molecule has 0 aliphatic carbocycles. The second kappa shape index (κ2) is 1.75. The fourth-order valence-electron chi connectivity index (χ4n) is 0.853. The molecule has 44 valence electrons. The minimum atomic E-state index is -0.472. The van der Waals surface area contributed by atoms with Crippen molar-refractivity contribution in [1.82, 2.24) is 0 Å². The zero-order valence-corrected chi connectivity index (χ0v) is 4.98. The van der Waals surface area contributed by atoms with E-state index >= 15 is 0 Å². The van der Waals surface area contributed by atoms with Crippen molar-refractivity contribution in [1.29, 1.82) is 0 Å². The molecule has 0 amide bonds. The quantitative estimate of drug-likeness (QED) is 0.431. The van der Waals surface area contributed by atoms with E-state index in [1.54, 1.807) is 0 Å². The van der Waals surface area contributed by atoms with Gasteiger partial charge in [0.25, 0.3) is 0 Å². The van der Waals surface area contributed by atoms with Crippen molar-refractivity contribution in [2.45, 2.75) is 25.5 Å². The lowest BCUT2D eigenvalue weighted by atomic mass is 10.2. The maximum absolute atomic E-state index is 6.70. The molecular formula is C6H9NO. The van der Waals surface area contributed by atoms with Gasteiger partial charge in [0.15, 0.2) is 0 Å². The van der Waals surface area contributed by atoms with Gasteiger partial charge in [-0.05, 0) is 6.42 Å². The van der Waals surface area contributed by atoms with Gasteiger partial charge in [0, 0.05) is 6.92 Å². The third kappa shape index (κ3) is 0.823. The van der Waals surface area contributed by atoms with Crippen molar-refractivity contribution in [2.24, 2.45) is 0 Å². The van der Waals surface area contributed by atoms with Crippen molar-refractivity contribution < 1.29 is 4.74 Å². The van der Waals surface area contributed by atoms with Crippen molar-refractivity contribution in [3.8, 4) is 0 Å². The number of ether oxygens (including phenoxy) is 1. The van der Waals surface area contributed by atoms with E-state index in [2.05, 4.69) is 4.85 Å². The Morgan fingerprint density at radius 1 is 1.75 bits per heavy atom. The Morgan fingerprint density at radius 2 is 2.50 bits per heavy atom. The molecule has 1 atom stereocenters. The highest BCUT2D eigenvalue weighted by atomic mass is 16.5. The van der Waals surface area contributed by atoms with Gasteiger partial charge in [0.05, 0.1) is 13.0 Å². The summed E-state index contributed by atoms with van der Waals surface area (Å²) in [6.45, 7) is 9.30. The normalized spacial score (nSPS) is 37.0. The second-order valence-corrected chi connectivity index (χ2v) is 2.24. The second-order valence-electron chi connectivity index (χ2n) is 2.24. The van der Waals surface area contributed by atoms with Gasteiger partial charge < -0.3 is 4.74 Å². The zero-order valence-electron chi connectivity index (χ0n) is 4.98. The molecule has 1 rings (SSSR count). The molecule has 0 aromatic heterocycles. The maximum Gasteiger partial charge on any atom is 0.334 e. The molecule has 0 radical (unpaired) electrons. The first-order chi connectivity index (χ1) is 3.77. The molecule has 0 bridgehead atoms. The number of hydrogen-bond donors (Lipinski definition) is 0. The molecule has 0 aromatic rings. The van der Waals surface area contributed by atoms with Crippen LogP contribution in [0.1, 0.15) is 19.8 Å². The van der Waals surface area contributed by atoms with Gasteiger partial charge in [-0.15, -0.1) is 0 Å². The summed E-state index contributed by atoms with van der Waals surface area (Å²) in [5, 5.41) is 0. The molecule has 1 aliphatic rings. The van der Waals surface area contributed by atoms with Gasteiger partial charge in [-0.3, -0.25) is 4.85 Å². The van der Waals surface area contributed by atoms with Crippen LogP contribution < -0.4 is 0 Å². The van der Waals surface area contributed by atoms with Crippen LogP contribution in [0.4, 0.5) is 0 Å². The van der Waals surface area contributed by atoms with Gasteiger partial charge in [-0.2, -0.15) is 0 Å². The molecule has 8 heavy (non-hydrogen) atoms. The Hall–Kier alpha value is -0.550. The Balaban J connectivity index is 2.56. The summed E-state index contributed by atoms with van der Waals surface area (Å²) in [6, 6.07) is 0. The van der Waals surface area contributed by atoms with E-state index in [4.69, 9.17) is 11.3 Å². The fraction of sp³-hybridized carbons (Fsp3) is 0.833. The van der Waals surface area contributed by atoms with Crippen LogP contribution in [0.2, 0.25) is 0 Å². The first kappa shape index (κ1) is 5.58. The molecule has 1 fully saturated rings. The van der Waals surface area contributed by atoms with E-state index in [-0.39, 0.29) is 0 Å². The largest absolute Gasteiger partial charge is 0.334 e. The average molecular weight is 111 g/mol. The summed E-state index contributed by atoms with van der Waals surface area (Å²) in [5.74, 6) is 0. The van der Waals surface area contributed by atoms with Gasteiger partial charge in [-0.1, -0.05) is 0 Å². The molecule has 1 saturated heterocycles. The van der Waals surface area contributed by atoms with Crippen LogP contribution in [0.5, 0.6) is 0 Å². The van der Waals surface area contributed by atoms with Crippen LogP contribution in [0.3, 0.4) is 0 Å². The molecular weight excluding hydrogens is 102 g/mol. The number of nitrogens with zero attached hydrogens (tertiary/aromatic N) is 1. The summed E-state index contributed by atoms with van der Waals surface area (Å²) >= 11 is 0. The highest BCUT2D eigenvalue weighted by molar-refractivity contribution is 4.87. The molecule has 0 spiro atoms. The first-order valence-electron chi connectivity index (χ1n) is 2.79. The molecule has 2 nitrogen and oxygen atoms in total. The van der Waals surface area contributed by atoms with Crippen LogP contribution in [0.25, 0.3) is 4.85 Å². The maximum atomic E-state index is 6.70. The van der Waals surface area contributed by atoms with E-state index in [0.717, 1.165) is 19.4 Å². The predicted octanol–water partition coefficient (Wildman–Crippen LogP) is 1.43. The fourth-order valence-corrected chi connectivity index (χ4v) is 0.853. The molecule has 1 unspecified atom stereocenters. The Morgan fingerprint density at radius 3 is 2.75 bits per heavy atom. The smallest absolute Gasteiger partial charge is 0.308 e. The van der Waals surface area contributed by atoms with Gasteiger partial charge in [0.1, 0.15) is 0 Å². The van der Waals surface area contributed by atoms with Gasteiger partial charge in [-0.25, -0.2) is 6.57 Å². The van der Waals surface area contributed by atoms with Crippen LogP contribution in [-0.4, -0.2) is 12.3 Å². The summed E-state index contributed by atoms with van der Waals surface area (Å²) in [7, 11) is 0. The monoisotopic (exact) mass is 111 g/mol. The summed E-state index contributed by atoms with van der Waals surface area (Å²) in [5.41, 5.74) is -0.472. The molecule has 2 heteroatoms. The van der Waals surface area contributed by atoms with Gasteiger partial charge >= 0.3 is 5.72 Å². The van der Waals surface area contributed by atoms with Crippen LogP contribution in [0.15, 0.2) is 0 Å². The Kier molecular flexibility index (Phi) is 1.22. The van der Waals surface area contributed by atoms with Crippen molar-refractivity contribution in [3.63, 3.8) is 0 Å². The van der Waals surface area contributed by atoms with E-state index < -0.39 is 5.72 Å². The summed E-state index contributed by atoms with van der Waals surface area (Å²) in [6.07, 6.45) is 1.94. The third-order valence-corrected chi connectivity index (χ3v) is 1.43. The molecule has 1 aliphatic heterocycles. The molecule has 0 aromatic carbocycles.